The summed E-state index contributed by atoms with van der Waals surface area (Å²) >= 11 is 1.81. The summed E-state index contributed by atoms with van der Waals surface area (Å²) in [4.78, 5) is 10.2. The highest BCUT2D eigenvalue weighted by Gasteiger charge is 2.25. The first-order chi connectivity index (χ1) is 25.3. The van der Waals surface area contributed by atoms with Crippen LogP contribution in [0, 0.1) is 0 Å². The van der Waals surface area contributed by atoms with E-state index in [0.29, 0.717) is 5.84 Å². The number of hydrogen-bond acceptors (Lipinski definition) is 5. The highest BCUT2D eigenvalue weighted by Crippen LogP contribution is 2.45. The molecule has 0 spiro atoms. The summed E-state index contributed by atoms with van der Waals surface area (Å²) in [6, 6.07) is 55.3. The zero-order valence-electron chi connectivity index (χ0n) is 27.2. The van der Waals surface area contributed by atoms with Gasteiger partial charge in [-0.15, -0.1) is 11.3 Å². The van der Waals surface area contributed by atoms with Crippen molar-refractivity contribution in [2.75, 3.05) is 0 Å². The van der Waals surface area contributed by atoms with E-state index >= 15 is 0 Å². The van der Waals surface area contributed by atoms with Gasteiger partial charge in [0.2, 0.25) is 0 Å². The van der Waals surface area contributed by atoms with Crippen molar-refractivity contribution in [3.05, 3.63) is 174 Å². The molecule has 0 saturated carbocycles. The molecule has 240 valence electrons. The first-order valence-corrected chi connectivity index (χ1v) is 17.9. The SMILES string of the molecule is c1ccc(C2=NC(c3ccccc3)NC(c3cccc4oc5c(ccc6c7cccc(-n8c9ccccc9c9ccccc98)c7sc65)c34)=N2)cc1. The Morgan fingerprint density at radius 3 is 2.00 bits per heavy atom. The molecule has 1 unspecified atom stereocenters. The predicted molar refractivity (Wildman–Crippen MR) is 213 cm³/mol. The van der Waals surface area contributed by atoms with Crippen LogP contribution < -0.4 is 5.32 Å². The standard InChI is InChI=1S/C45H28N4OS/c1-3-13-27(14-4-1)43-46-44(28-15-5-2-6-16-28)48-45(47-43)34-20-12-24-38-39(34)33-26-25-32-31-19-11-23-37(41(31)51-42(32)40(33)50-38)49-35-21-9-7-17-29(35)30-18-8-10-22-36(30)49/h1-26,43H,(H,46,47,48). The summed E-state index contributed by atoms with van der Waals surface area (Å²) < 4.78 is 11.6. The van der Waals surface area contributed by atoms with Gasteiger partial charge >= 0.3 is 0 Å². The average molecular weight is 673 g/mol. The topological polar surface area (TPSA) is 54.8 Å². The van der Waals surface area contributed by atoms with Gasteiger partial charge in [-0.2, -0.15) is 0 Å². The molecule has 1 atom stereocenters. The van der Waals surface area contributed by atoms with Crippen molar-refractivity contribution in [3.8, 4) is 5.69 Å². The van der Waals surface area contributed by atoms with Crippen LogP contribution in [0.4, 0.5) is 0 Å². The summed E-state index contributed by atoms with van der Waals surface area (Å²) in [5.74, 6) is 1.48. The molecule has 1 aliphatic rings. The fourth-order valence-corrected chi connectivity index (χ4v) is 9.08. The van der Waals surface area contributed by atoms with E-state index in [1.165, 1.54) is 43.0 Å². The maximum absolute atomic E-state index is 6.81. The zero-order chi connectivity index (χ0) is 33.5. The lowest BCUT2D eigenvalue weighted by Crippen LogP contribution is -2.33. The number of amidine groups is 2. The summed E-state index contributed by atoms with van der Waals surface area (Å²) in [6.07, 6.45) is -0.282. The van der Waals surface area contributed by atoms with E-state index in [0.717, 1.165) is 49.2 Å². The Bertz CT molecular complexity index is 3010. The number of nitrogens with zero attached hydrogens (tertiary/aromatic N) is 3. The number of para-hydroxylation sites is 2. The molecule has 0 bridgehead atoms. The Morgan fingerprint density at radius 1 is 0.569 bits per heavy atom. The molecule has 10 aromatic rings. The second kappa shape index (κ2) is 11.0. The minimum Gasteiger partial charge on any atom is -0.455 e. The lowest BCUT2D eigenvalue weighted by Gasteiger charge is -2.24. The van der Waals surface area contributed by atoms with Crippen molar-refractivity contribution in [3.63, 3.8) is 0 Å². The fourth-order valence-electron chi connectivity index (χ4n) is 7.79. The van der Waals surface area contributed by atoms with Crippen LogP contribution >= 0.6 is 11.3 Å². The van der Waals surface area contributed by atoms with E-state index in [1.807, 2.05) is 36.4 Å². The number of aliphatic imine (C=N–C) groups is 2. The van der Waals surface area contributed by atoms with Crippen LogP contribution in [-0.2, 0) is 0 Å². The number of hydrogen-bond donors (Lipinski definition) is 1. The molecule has 3 aromatic heterocycles. The van der Waals surface area contributed by atoms with Gasteiger partial charge in [-0.3, -0.25) is 0 Å². The molecule has 11 rings (SSSR count). The molecule has 0 fully saturated rings. The monoisotopic (exact) mass is 672 g/mol. The second-order valence-electron chi connectivity index (χ2n) is 13.0. The van der Waals surface area contributed by atoms with Crippen molar-refractivity contribution in [1.82, 2.24) is 9.88 Å². The van der Waals surface area contributed by atoms with Crippen LogP contribution in [0.15, 0.2) is 172 Å². The number of furan rings is 1. The molecule has 0 radical (unpaired) electrons. The Balaban J connectivity index is 1.13. The number of aromatic nitrogens is 1. The van der Waals surface area contributed by atoms with Crippen LogP contribution in [0.5, 0.6) is 0 Å². The molecule has 6 heteroatoms. The molecule has 0 saturated heterocycles. The van der Waals surface area contributed by atoms with Crippen LogP contribution in [0.3, 0.4) is 0 Å². The minimum atomic E-state index is -0.282. The Hall–Kier alpha value is -6.50. The molecule has 0 aliphatic carbocycles. The first-order valence-electron chi connectivity index (χ1n) is 17.1. The van der Waals surface area contributed by atoms with E-state index < -0.39 is 0 Å². The number of thiophene rings is 1. The Morgan fingerprint density at radius 2 is 1.22 bits per heavy atom. The molecule has 1 aliphatic heterocycles. The van der Waals surface area contributed by atoms with E-state index in [1.54, 1.807) is 11.3 Å². The van der Waals surface area contributed by atoms with E-state index in [2.05, 4.69) is 131 Å². The normalized spacial score (nSPS) is 14.9. The van der Waals surface area contributed by atoms with Gasteiger partial charge < -0.3 is 14.3 Å². The average Bonchev–Trinajstić information content (AvgIpc) is 3.88. The first kappa shape index (κ1) is 28.3. The minimum absolute atomic E-state index is 0.282. The molecule has 1 N–H and O–H groups in total. The second-order valence-corrected chi connectivity index (χ2v) is 14.0. The van der Waals surface area contributed by atoms with Crippen LogP contribution in [0.1, 0.15) is 22.9 Å². The van der Waals surface area contributed by atoms with Gasteiger partial charge in [0.05, 0.1) is 26.1 Å². The molecule has 4 heterocycles. The van der Waals surface area contributed by atoms with Gasteiger partial charge in [-0.1, -0.05) is 127 Å². The molecular formula is C45H28N4OS. The van der Waals surface area contributed by atoms with Crippen LogP contribution in [0.25, 0.3) is 69.6 Å². The summed E-state index contributed by atoms with van der Waals surface area (Å²) in [6.45, 7) is 0. The van der Waals surface area contributed by atoms with Crippen molar-refractivity contribution in [1.29, 1.82) is 0 Å². The third-order valence-electron chi connectivity index (χ3n) is 10.1. The summed E-state index contributed by atoms with van der Waals surface area (Å²) in [5, 5.41) is 10.7. The van der Waals surface area contributed by atoms with Crippen LogP contribution in [0.2, 0.25) is 0 Å². The highest BCUT2D eigenvalue weighted by atomic mass is 32.1. The largest absolute Gasteiger partial charge is 0.455 e. The smallest absolute Gasteiger partial charge is 0.159 e. The quantitative estimate of drug-likeness (QED) is 0.202. The third kappa shape index (κ3) is 4.27. The van der Waals surface area contributed by atoms with Crippen molar-refractivity contribution in [2.24, 2.45) is 9.98 Å². The Kier molecular flexibility index (Phi) is 6.12. The zero-order valence-corrected chi connectivity index (χ0v) is 28.1. The van der Waals surface area contributed by atoms with E-state index in [4.69, 9.17) is 14.4 Å². The van der Waals surface area contributed by atoms with Gasteiger partial charge in [0.15, 0.2) is 11.4 Å². The number of fused-ring (bicyclic) bond motifs is 10. The van der Waals surface area contributed by atoms with Gasteiger partial charge in [-0.25, -0.2) is 9.98 Å². The predicted octanol–water partition coefficient (Wildman–Crippen LogP) is 11.5. The third-order valence-corrected chi connectivity index (χ3v) is 11.3. The van der Waals surface area contributed by atoms with Gasteiger partial charge in [-0.05, 0) is 35.9 Å². The van der Waals surface area contributed by atoms with Gasteiger partial charge in [0.25, 0.3) is 0 Å². The lowest BCUT2D eigenvalue weighted by atomic mass is 10.0. The molecule has 51 heavy (non-hydrogen) atoms. The van der Waals surface area contributed by atoms with Crippen molar-refractivity contribution >= 4 is 86.9 Å². The maximum Gasteiger partial charge on any atom is 0.159 e. The molecular weight excluding hydrogens is 645 g/mol. The lowest BCUT2D eigenvalue weighted by molar-refractivity contribution is 0.671. The fraction of sp³-hybridized carbons (Fsp3) is 0.0222. The number of benzene rings is 7. The maximum atomic E-state index is 6.81. The van der Waals surface area contributed by atoms with E-state index in [9.17, 15) is 0 Å². The van der Waals surface area contributed by atoms with Gasteiger partial charge in [0.1, 0.15) is 17.6 Å². The molecule has 5 nitrogen and oxygen atoms in total. The van der Waals surface area contributed by atoms with Crippen LogP contribution in [-0.4, -0.2) is 16.2 Å². The summed E-state index contributed by atoms with van der Waals surface area (Å²) in [7, 11) is 0. The number of nitrogens with one attached hydrogen (secondary N) is 1. The Labute approximate surface area is 296 Å². The van der Waals surface area contributed by atoms with E-state index in [-0.39, 0.29) is 6.17 Å². The highest BCUT2D eigenvalue weighted by molar-refractivity contribution is 7.27. The van der Waals surface area contributed by atoms with Crippen molar-refractivity contribution < 1.29 is 4.42 Å². The number of rotatable bonds is 4. The molecule has 7 aromatic carbocycles. The van der Waals surface area contributed by atoms with Crippen molar-refractivity contribution in [2.45, 2.75) is 6.17 Å². The molecule has 0 amide bonds. The summed E-state index contributed by atoms with van der Waals surface area (Å²) in [5.41, 5.74) is 8.36. The van der Waals surface area contributed by atoms with Gasteiger partial charge in [0, 0.05) is 43.4 Å².